The van der Waals surface area contributed by atoms with Gasteiger partial charge in [-0.05, 0) is 35.6 Å². The normalized spacial score (nSPS) is 12.4. The second-order valence-electron chi connectivity index (χ2n) is 6.86. The summed E-state index contributed by atoms with van der Waals surface area (Å²) in [7, 11) is 0. The lowest BCUT2D eigenvalue weighted by molar-refractivity contribution is 0.404. The summed E-state index contributed by atoms with van der Waals surface area (Å²) >= 11 is 1.42. The molecule has 4 aromatic rings. The van der Waals surface area contributed by atoms with Crippen LogP contribution in [0, 0.1) is 6.92 Å². The number of rotatable bonds is 6. The predicted octanol–water partition coefficient (Wildman–Crippen LogP) is 5.12. The van der Waals surface area contributed by atoms with E-state index in [4.69, 9.17) is 8.83 Å². The fraction of sp³-hybridized carbons (Fsp3) is 0.227. The van der Waals surface area contributed by atoms with Gasteiger partial charge in [0.1, 0.15) is 5.58 Å². The summed E-state index contributed by atoms with van der Waals surface area (Å²) in [4.78, 5) is 11.9. The Morgan fingerprint density at radius 1 is 1.04 bits per heavy atom. The Morgan fingerprint density at radius 2 is 1.86 bits per heavy atom. The molecule has 1 unspecified atom stereocenters. The molecule has 0 N–H and O–H groups in total. The molecule has 0 spiro atoms. The second-order valence-corrected chi connectivity index (χ2v) is 7.78. The maximum absolute atomic E-state index is 11.9. The first-order valence-corrected chi connectivity index (χ1v) is 10.1. The first-order valence-electron chi connectivity index (χ1n) is 9.12. The number of hydrogen-bond acceptors (Lipinski definition) is 6. The number of aromatic nitrogens is 2. The lowest BCUT2D eigenvalue weighted by Crippen LogP contribution is -2.00. The van der Waals surface area contributed by atoms with Gasteiger partial charge in [0.15, 0.2) is 0 Å². The standard InChI is InChI=1S/C22H20N2O3S/c1-14-8-9-18-17(12-21(25)26-19(18)10-14)13-28-22-24-23-20(27-22)11-15(2)16-6-4-3-5-7-16/h3-10,12,15H,11,13H2,1-2H3. The van der Waals surface area contributed by atoms with Gasteiger partial charge in [-0.1, -0.05) is 61.2 Å². The summed E-state index contributed by atoms with van der Waals surface area (Å²) in [6.07, 6.45) is 0.689. The molecule has 0 radical (unpaired) electrons. The van der Waals surface area contributed by atoms with Crippen LogP contribution >= 0.6 is 11.8 Å². The molecule has 2 heterocycles. The van der Waals surface area contributed by atoms with Crippen LogP contribution in [-0.4, -0.2) is 10.2 Å². The van der Waals surface area contributed by atoms with Gasteiger partial charge < -0.3 is 8.83 Å². The van der Waals surface area contributed by atoms with Crippen molar-refractivity contribution in [2.75, 3.05) is 0 Å². The number of thioether (sulfide) groups is 1. The highest BCUT2D eigenvalue weighted by Crippen LogP contribution is 2.27. The van der Waals surface area contributed by atoms with E-state index in [2.05, 4.69) is 29.3 Å². The highest BCUT2D eigenvalue weighted by molar-refractivity contribution is 7.98. The lowest BCUT2D eigenvalue weighted by Gasteiger charge is -2.08. The molecular formula is C22H20N2O3S. The molecule has 5 nitrogen and oxygen atoms in total. The molecule has 0 saturated heterocycles. The van der Waals surface area contributed by atoms with Gasteiger partial charge >= 0.3 is 5.63 Å². The van der Waals surface area contributed by atoms with Crippen LogP contribution in [0.15, 0.2) is 73.4 Å². The molecule has 0 amide bonds. The molecule has 1 atom stereocenters. The van der Waals surface area contributed by atoms with Gasteiger partial charge in [-0.25, -0.2) is 4.79 Å². The largest absolute Gasteiger partial charge is 0.423 e. The molecule has 2 aromatic heterocycles. The molecular weight excluding hydrogens is 372 g/mol. The molecule has 28 heavy (non-hydrogen) atoms. The maximum atomic E-state index is 11.9. The van der Waals surface area contributed by atoms with E-state index in [9.17, 15) is 4.79 Å². The summed E-state index contributed by atoms with van der Waals surface area (Å²) in [5.41, 5.74) is 3.44. The average molecular weight is 392 g/mol. The van der Waals surface area contributed by atoms with E-state index in [1.165, 1.54) is 23.4 Å². The van der Waals surface area contributed by atoms with Gasteiger partial charge in [0.2, 0.25) is 5.89 Å². The van der Waals surface area contributed by atoms with E-state index in [1.807, 2.05) is 43.3 Å². The van der Waals surface area contributed by atoms with Gasteiger partial charge in [0, 0.05) is 23.6 Å². The molecule has 0 aliphatic heterocycles. The molecule has 0 aliphatic carbocycles. The molecule has 142 valence electrons. The number of fused-ring (bicyclic) bond motifs is 1. The van der Waals surface area contributed by atoms with Crippen molar-refractivity contribution in [3.63, 3.8) is 0 Å². The van der Waals surface area contributed by atoms with Gasteiger partial charge in [0.05, 0.1) is 0 Å². The van der Waals surface area contributed by atoms with Crippen LogP contribution in [0.2, 0.25) is 0 Å². The van der Waals surface area contributed by atoms with Crippen LogP contribution in [0.1, 0.15) is 35.4 Å². The highest BCUT2D eigenvalue weighted by atomic mass is 32.2. The Hall–Kier alpha value is -2.86. The third kappa shape index (κ3) is 4.17. The van der Waals surface area contributed by atoms with Gasteiger partial charge in [-0.2, -0.15) is 0 Å². The van der Waals surface area contributed by atoms with E-state index in [-0.39, 0.29) is 5.63 Å². The second kappa shape index (κ2) is 8.02. The zero-order valence-electron chi connectivity index (χ0n) is 15.7. The fourth-order valence-corrected chi connectivity index (χ4v) is 3.91. The van der Waals surface area contributed by atoms with Crippen molar-refractivity contribution in [1.29, 1.82) is 0 Å². The van der Waals surface area contributed by atoms with E-state index < -0.39 is 0 Å². The van der Waals surface area contributed by atoms with E-state index in [0.717, 1.165) is 16.5 Å². The third-order valence-corrected chi connectivity index (χ3v) is 5.50. The Kier molecular flexibility index (Phi) is 5.30. The SMILES string of the molecule is Cc1ccc2c(CSc3nnc(CC(C)c4ccccc4)o3)cc(=O)oc2c1. The highest BCUT2D eigenvalue weighted by Gasteiger charge is 2.14. The van der Waals surface area contributed by atoms with Crippen molar-refractivity contribution in [2.45, 2.75) is 37.2 Å². The summed E-state index contributed by atoms with van der Waals surface area (Å²) in [5.74, 6) is 1.47. The zero-order valence-corrected chi connectivity index (χ0v) is 16.5. The van der Waals surface area contributed by atoms with Crippen LogP contribution in [0.4, 0.5) is 0 Å². The van der Waals surface area contributed by atoms with Crippen molar-refractivity contribution in [2.24, 2.45) is 0 Å². The minimum atomic E-state index is -0.350. The van der Waals surface area contributed by atoms with Crippen molar-refractivity contribution in [1.82, 2.24) is 10.2 Å². The van der Waals surface area contributed by atoms with Crippen molar-refractivity contribution < 1.29 is 8.83 Å². The third-order valence-electron chi connectivity index (χ3n) is 4.63. The Bertz CT molecular complexity index is 1150. The number of benzene rings is 2. The van der Waals surface area contributed by atoms with Gasteiger partial charge in [0.25, 0.3) is 5.22 Å². The van der Waals surface area contributed by atoms with Crippen LogP contribution in [0.5, 0.6) is 0 Å². The minimum absolute atomic E-state index is 0.297. The van der Waals surface area contributed by atoms with Crippen molar-refractivity contribution in [3.8, 4) is 0 Å². The number of aryl methyl sites for hydroxylation is 1. The average Bonchev–Trinajstić information content (AvgIpc) is 3.13. The predicted molar refractivity (Wildman–Crippen MR) is 110 cm³/mol. The zero-order chi connectivity index (χ0) is 19.5. The number of nitrogens with zero attached hydrogens (tertiary/aromatic N) is 2. The Labute approximate surface area is 166 Å². The van der Waals surface area contributed by atoms with Crippen LogP contribution in [-0.2, 0) is 12.2 Å². The van der Waals surface area contributed by atoms with E-state index in [1.54, 1.807) is 0 Å². The van der Waals surface area contributed by atoms with Crippen molar-refractivity contribution in [3.05, 3.63) is 87.6 Å². The smallest absolute Gasteiger partial charge is 0.336 e. The summed E-state index contributed by atoms with van der Waals surface area (Å²) in [6, 6.07) is 17.7. The summed E-state index contributed by atoms with van der Waals surface area (Å²) in [5, 5.41) is 9.74. The Morgan fingerprint density at radius 3 is 2.68 bits per heavy atom. The molecule has 0 saturated carbocycles. The van der Waals surface area contributed by atoms with Crippen LogP contribution < -0.4 is 5.63 Å². The fourth-order valence-electron chi connectivity index (χ4n) is 3.14. The lowest BCUT2D eigenvalue weighted by atomic mass is 9.98. The van der Waals surface area contributed by atoms with Crippen LogP contribution in [0.25, 0.3) is 11.0 Å². The molecule has 0 fully saturated rings. The molecule has 2 aromatic carbocycles. The first-order chi connectivity index (χ1) is 13.6. The quantitative estimate of drug-likeness (QED) is 0.335. The minimum Gasteiger partial charge on any atom is -0.423 e. The molecule has 0 aliphatic rings. The molecule has 0 bridgehead atoms. The molecule has 6 heteroatoms. The molecule has 4 rings (SSSR count). The van der Waals surface area contributed by atoms with E-state index in [0.29, 0.717) is 34.8 Å². The van der Waals surface area contributed by atoms with E-state index >= 15 is 0 Å². The van der Waals surface area contributed by atoms with Crippen molar-refractivity contribution >= 4 is 22.7 Å². The topological polar surface area (TPSA) is 69.1 Å². The van der Waals surface area contributed by atoms with Gasteiger partial charge in [-0.3, -0.25) is 0 Å². The maximum Gasteiger partial charge on any atom is 0.336 e. The Balaban J connectivity index is 1.47. The summed E-state index contributed by atoms with van der Waals surface area (Å²) in [6.45, 7) is 4.11. The number of hydrogen-bond donors (Lipinski definition) is 0. The monoisotopic (exact) mass is 392 g/mol. The summed E-state index contributed by atoms with van der Waals surface area (Å²) < 4.78 is 11.1. The van der Waals surface area contributed by atoms with Crippen LogP contribution in [0.3, 0.4) is 0 Å². The first kappa shape index (κ1) is 18.5. The van der Waals surface area contributed by atoms with Gasteiger partial charge in [-0.15, -0.1) is 10.2 Å².